The van der Waals surface area contributed by atoms with Gasteiger partial charge in [-0.1, -0.05) is 63.2 Å². The molecule has 154 valence electrons. The zero-order valence-corrected chi connectivity index (χ0v) is 17.7. The van der Waals surface area contributed by atoms with Gasteiger partial charge in [-0.15, -0.1) is 0 Å². The third-order valence-corrected chi connectivity index (χ3v) is 5.40. The molecule has 0 amide bonds. The molecule has 0 N–H and O–H groups in total. The Kier molecular flexibility index (Phi) is 3.44. The van der Waals surface area contributed by atoms with E-state index in [2.05, 4.69) is 9.97 Å². The molecule has 3 aromatic heterocycles. The van der Waals surface area contributed by atoms with Gasteiger partial charge >= 0.3 is 0 Å². The summed E-state index contributed by atoms with van der Waals surface area (Å²) in [5, 5.41) is 1.61. The first-order valence-electron chi connectivity index (χ1n) is 12.8. The normalized spacial score (nSPS) is 15.3. The van der Waals surface area contributed by atoms with E-state index < -0.39 is 18.6 Å². The number of furan rings is 1. The van der Waals surface area contributed by atoms with Gasteiger partial charge in [0.15, 0.2) is 0 Å². The molecule has 0 aliphatic rings. The lowest BCUT2D eigenvalue weighted by Crippen LogP contribution is -2.13. The van der Waals surface area contributed by atoms with Crippen LogP contribution in [0.15, 0.2) is 77.3 Å². The van der Waals surface area contributed by atoms with Crippen LogP contribution < -0.4 is 0 Å². The van der Waals surface area contributed by atoms with Gasteiger partial charge in [0, 0.05) is 41.5 Å². The molecule has 0 saturated heterocycles. The molecule has 3 nitrogen and oxygen atoms in total. The zero-order chi connectivity index (χ0) is 25.9. The molecular weight excluding hydrogens is 380 g/mol. The summed E-state index contributed by atoms with van der Waals surface area (Å²) in [6.45, 7) is 3.68. The number of para-hydroxylation sites is 1. The Morgan fingerprint density at radius 2 is 1.81 bits per heavy atom. The average molecular weight is 412 g/mol. The van der Waals surface area contributed by atoms with Crippen LogP contribution in [0, 0.1) is 6.85 Å². The highest BCUT2D eigenvalue weighted by Crippen LogP contribution is 2.36. The first kappa shape index (κ1) is 14.5. The number of benzene rings is 2. The first-order chi connectivity index (χ1) is 16.9. The van der Waals surface area contributed by atoms with Crippen LogP contribution in [0.1, 0.15) is 50.0 Å². The van der Waals surface area contributed by atoms with Crippen LogP contribution in [0.2, 0.25) is 0 Å². The number of nitrogens with zero attached hydrogens (tertiary/aromatic N) is 2. The van der Waals surface area contributed by atoms with Gasteiger partial charge in [0.25, 0.3) is 0 Å². The molecule has 3 heteroatoms. The van der Waals surface area contributed by atoms with Crippen molar-refractivity contribution in [2.45, 2.75) is 39.4 Å². The van der Waals surface area contributed by atoms with E-state index in [1.807, 2.05) is 57.2 Å². The van der Waals surface area contributed by atoms with Crippen molar-refractivity contribution in [2.24, 2.45) is 0 Å². The number of hydrogen-bond donors (Lipinski definition) is 0. The second-order valence-electron chi connectivity index (χ2n) is 8.69. The Labute approximate surface area is 189 Å². The average Bonchev–Trinajstić information content (AvgIpc) is 3.21. The molecule has 0 aliphatic carbocycles. The predicted molar refractivity (Wildman–Crippen MR) is 127 cm³/mol. The standard InChI is InChI=1S/C28H26N2O/c1-18-17-29-25(16-24(18)28(2,3)4)23-12-8-11-21-22-14-13-20(30-27(22)31-26(21)23)15-19-9-6-5-7-10-19/h5-14,16-17H,15H2,1-4H3/i1D3,15D2. The third kappa shape index (κ3) is 3.61. The fraction of sp³-hybridized carbons (Fsp3) is 0.214. The molecule has 0 aliphatic heterocycles. The lowest BCUT2D eigenvalue weighted by atomic mass is 9.84. The summed E-state index contributed by atoms with van der Waals surface area (Å²) in [5.74, 6) is 0. The largest absolute Gasteiger partial charge is 0.437 e. The number of aromatic nitrogens is 2. The van der Waals surface area contributed by atoms with Crippen molar-refractivity contribution in [2.75, 3.05) is 0 Å². The molecule has 0 atom stereocenters. The van der Waals surface area contributed by atoms with Crippen molar-refractivity contribution < 1.29 is 11.3 Å². The second-order valence-corrected chi connectivity index (χ2v) is 8.69. The minimum absolute atomic E-state index is 0.241. The molecule has 0 unspecified atom stereocenters. The number of pyridine rings is 2. The minimum atomic E-state index is -2.27. The van der Waals surface area contributed by atoms with Gasteiger partial charge in [-0.2, -0.15) is 0 Å². The SMILES string of the molecule is [2H]C([2H])([2H])c1cnc(-c2cccc3c2oc2nc(C([2H])([2H])c4ccccc4)ccc23)cc1C(C)(C)C. The van der Waals surface area contributed by atoms with E-state index in [4.69, 9.17) is 11.3 Å². The van der Waals surface area contributed by atoms with Crippen molar-refractivity contribution in [3.63, 3.8) is 0 Å². The summed E-state index contributed by atoms with van der Waals surface area (Å²) in [6.07, 6.45) is -0.347. The minimum Gasteiger partial charge on any atom is -0.437 e. The zero-order valence-electron chi connectivity index (χ0n) is 22.7. The van der Waals surface area contributed by atoms with Crippen molar-refractivity contribution in [3.8, 4) is 11.3 Å². The predicted octanol–water partition coefficient (Wildman–Crippen LogP) is 7.24. The molecule has 5 rings (SSSR count). The van der Waals surface area contributed by atoms with Gasteiger partial charge in [0.1, 0.15) is 5.58 Å². The first-order valence-corrected chi connectivity index (χ1v) is 10.3. The van der Waals surface area contributed by atoms with Gasteiger partial charge in [0.2, 0.25) is 5.71 Å². The molecule has 0 bridgehead atoms. The molecule has 0 radical (unpaired) electrons. The molecule has 31 heavy (non-hydrogen) atoms. The van der Waals surface area contributed by atoms with Crippen LogP contribution in [0.4, 0.5) is 0 Å². The highest BCUT2D eigenvalue weighted by Gasteiger charge is 2.20. The monoisotopic (exact) mass is 411 g/mol. The molecular formula is C28H26N2O. The van der Waals surface area contributed by atoms with Crippen LogP contribution in [-0.2, 0) is 11.8 Å². The van der Waals surface area contributed by atoms with Crippen LogP contribution in [0.25, 0.3) is 33.3 Å². The molecule has 3 heterocycles. The second kappa shape index (κ2) is 7.35. The van der Waals surface area contributed by atoms with Crippen molar-refractivity contribution in [1.29, 1.82) is 0 Å². The van der Waals surface area contributed by atoms with E-state index >= 15 is 0 Å². The fourth-order valence-corrected chi connectivity index (χ4v) is 3.84. The maximum atomic E-state index is 8.65. The van der Waals surface area contributed by atoms with Gasteiger partial charge < -0.3 is 4.42 Å². The Morgan fingerprint density at radius 1 is 0.968 bits per heavy atom. The van der Waals surface area contributed by atoms with Crippen molar-refractivity contribution >= 4 is 22.1 Å². The Balaban J connectivity index is 1.68. The Morgan fingerprint density at radius 3 is 2.58 bits per heavy atom. The molecule has 5 aromatic rings. The fourth-order valence-electron chi connectivity index (χ4n) is 3.84. The molecule has 0 spiro atoms. The van der Waals surface area contributed by atoms with Crippen molar-refractivity contribution in [3.05, 3.63) is 95.3 Å². The lowest BCUT2D eigenvalue weighted by Gasteiger charge is -2.22. The third-order valence-electron chi connectivity index (χ3n) is 5.40. The van der Waals surface area contributed by atoms with Crippen LogP contribution in [-0.4, -0.2) is 9.97 Å². The smallest absolute Gasteiger partial charge is 0.227 e. The maximum absolute atomic E-state index is 8.65. The van der Waals surface area contributed by atoms with Crippen molar-refractivity contribution in [1.82, 2.24) is 9.97 Å². The lowest BCUT2D eigenvalue weighted by molar-refractivity contribution is 0.585. The summed E-state index contributed by atoms with van der Waals surface area (Å²) in [4.78, 5) is 9.07. The number of hydrogen-bond acceptors (Lipinski definition) is 3. The summed E-state index contributed by atoms with van der Waals surface area (Å²) >= 11 is 0. The quantitative estimate of drug-likeness (QED) is 0.314. The van der Waals surface area contributed by atoms with Gasteiger partial charge in [-0.25, -0.2) is 4.98 Å². The summed E-state index contributed by atoms with van der Waals surface area (Å²) in [5.41, 5.74) is 3.57. The van der Waals surface area contributed by atoms with E-state index in [9.17, 15) is 0 Å². The summed E-state index contributed by atoms with van der Waals surface area (Å²) in [6, 6.07) is 20.0. The number of rotatable bonds is 3. The highest BCUT2D eigenvalue weighted by atomic mass is 16.3. The summed E-state index contributed by atoms with van der Waals surface area (Å²) in [7, 11) is 0. The van der Waals surface area contributed by atoms with E-state index in [1.54, 1.807) is 30.3 Å². The van der Waals surface area contributed by atoms with E-state index in [0.717, 1.165) is 16.3 Å². The molecule has 0 saturated carbocycles. The Hall–Kier alpha value is -3.46. The number of fused-ring (bicyclic) bond motifs is 3. The van der Waals surface area contributed by atoms with Gasteiger partial charge in [-0.3, -0.25) is 4.98 Å². The summed E-state index contributed by atoms with van der Waals surface area (Å²) < 4.78 is 47.3. The van der Waals surface area contributed by atoms with E-state index in [0.29, 0.717) is 28.1 Å². The van der Waals surface area contributed by atoms with Crippen LogP contribution in [0.3, 0.4) is 0 Å². The molecule has 0 fully saturated rings. The molecule has 2 aromatic carbocycles. The van der Waals surface area contributed by atoms with Gasteiger partial charge in [-0.05, 0) is 53.2 Å². The Bertz CT molecular complexity index is 1580. The van der Waals surface area contributed by atoms with E-state index in [-0.39, 0.29) is 11.3 Å². The van der Waals surface area contributed by atoms with Crippen LogP contribution in [0.5, 0.6) is 0 Å². The maximum Gasteiger partial charge on any atom is 0.227 e. The van der Waals surface area contributed by atoms with Crippen LogP contribution >= 0.6 is 0 Å². The topological polar surface area (TPSA) is 38.9 Å². The highest BCUT2D eigenvalue weighted by molar-refractivity contribution is 6.08. The van der Waals surface area contributed by atoms with E-state index in [1.165, 1.54) is 6.20 Å². The van der Waals surface area contributed by atoms with Gasteiger partial charge in [0.05, 0.1) is 5.69 Å². The number of aryl methyl sites for hydroxylation is 1.